The van der Waals surface area contributed by atoms with Crippen LogP contribution in [-0.4, -0.2) is 46.3 Å². The molecule has 0 aromatic rings. The van der Waals surface area contributed by atoms with Crippen LogP contribution in [0.1, 0.15) is 58.8 Å². The molecule has 1 heterocycles. The highest BCUT2D eigenvalue weighted by molar-refractivity contribution is 7.99. The first-order chi connectivity index (χ1) is 10.1. The van der Waals surface area contributed by atoms with Crippen LogP contribution in [0.2, 0.25) is 0 Å². The molecule has 0 spiro atoms. The van der Waals surface area contributed by atoms with Crippen LogP contribution in [0.4, 0.5) is 0 Å². The fourth-order valence-electron chi connectivity index (χ4n) is 3.57. The highest BCUT2D eigenvalue weighted by Gasteiger charge is 2.42. The minimum absolute atomic E-state index is 0.000639. The van der Waals surface area contributed by atoms with E-state index in [1.807, 2.05) is 25.6 Å². The van der Waals surface area contributed by atoms with E-state index in [4.69, 9.17) is 0 Å². The van der Waals surface area contributed by atoms with Crippen LogP contribution in [0.3, 0.4) is 0 Å². The zero-order valence-corrected chi connectivity index (χ0v) is 14.2. The normalized spacial score (nSPS) is 30.5. The summed E-state index contributed by atoms with van der Waals surface area (Å²) in [6.45, 7) is 4.08. The van der Waals surface area contributed by atoms with Crippen molar-refractivity contribution < 1.29 is 9.59 Å². The lowest BCUT2D eigenvalue weighted by molar-refractivity contribution is -0.141. The van der Waals surface area contributed by atoms with Gasteiger partial charge in [0.1, 0.15) is 0 Å². The third-order valence-corrected chi connectivity index (χ3v) is 6.07. The Balaban J connectivity index is 1.91. The molecule has 2 aliphatic rings. The molecule has 0 aromatic heterocycles. The summed E-state index contributed by atoms with van der Waals surface area (Å²) in [5.74, 6) is 0.00434. The van der Waals surface area contributed by atoms with Gasteiger partial charge in [-0.25, -0.2) is 0 Å². The number of amides is 2. The highest BCUT2D eigenvalue weighted by Crippen LogP contribution is 2.28. The summed E-state index contributed by atoms with van der Waals surface area (Å²) < 4.78 is 0. The van der Waals surface area contributed by atoms with Gasteiger partial charge in [-0.1, -0.05) is 13.8 Å². The molecule has 0 aromatic carbocycles. The van der Waals surface area contributed by atoms with Gasteiger partial charge in [0.25, 0.3) is 0 Å². The molecule has 2 rings (SSSR count). The number of hydrogen-bond acceptors (Lipinski definition) is 4. The van der Waals surface area contributed by atoms with Crippen LogP contribution in [0.25, 0.3) is 0 Å². The van der Waals surface area contributed by atoms with E-state index in [1.54, 1.807) is 0 Å². The number of nitrogens with one attached hydrogen (secondary N) is 1. The van der Waals surface area contributed by atoms with Crippen molar-refractivity contribution in [2.75, 3.05) is 6.26 Å². The second-order valence-electron chi connectivity index (χ2n) is 6.21. The summed E-state index contributed by atoms with van der Waals surface area (Å²) in [6.07, 6.45) is 8.87. The Bertz CT molecular complexity index is 376. The molecule has 0 bridgehead atoms. The van der Waals surface area contributed by atoms with Crippen LogP contribution in [-0.2, 0) is 9.59 Å². The molecule has 2 fully saturated rings. The van der Waals surface area contributed by atoms with Gasteiger partial charge in [-0.05, 0) is 44.8 Å². The van der Waals surface area contributed by atoms with Gasteiger partial charge < -0.3 is 5.32 Å². The fourth-order valence-corrected chi connectivity index (χ4v) is 4.31. The van der Waals surface area contributed by atoms with E-state index in [-0.39, 0.29) is 23.9 Å². The van der Waals surface area contributed by atoms with Crippen LogP contribution in [0, 0.1) is 0 Å². The average molecular weight is 312 g/mol. The maximum atomic E-state index is 12.5. The largest absolute Gasteiger partial charge is 0.303 e. The third kappa shape index (κ3) is 3.81. The molecule has 1 unspecified atom stereocenters. The topological polar surface area (TPSA) is 49.4 Å². The lowest BCUT2D eigenvalue weighted by Crippen LogP contribution is -2.47. The van der Waals surface area contributed by atoms with Crippen molar-refractivity contribution in [2.24, 2.45) is 0 Å². The lowest BCUT2D eigenvalue weighted by Gasteiger charge is -2.30. The van der Waals surface area contributed by atoms with E-state index in [1.165, 1.54) is 17.7 Å². The Labute approximate surface area is 132 Å². The van der Waals surface area contributed by atoms with Crippen molar-refractivity contribution in [3.8, 4) is 0 Å². The van der Waals surface area contributed by atoms with Crippen LogP contribution in [0.15, 0.2) is 0 Å². The first-order valence-corrected chi connectivity index (χ1v) is 9.54. The van der Waals surface area contributed by atoms with Crippen molar-refractivity contribution in [3.63, 3.8) is 0 Å². The molecule has 1 N–H and O–H groups in total. The molecule has 0 radical (unpaired) electrons. The van der Waals surface area contributed by atoms with Gasteiger partial charge in [-0.3, -0.25) is 14.5 Å². The second-order valence-corrected chi connectivity index (χ2v) is 7.34. The predicted molar refractivity (Wildman–Crippen MR) is 87.3 cm³/mol. The minimum Gasteiger partial charge on any atom is -0.303 e. The predicted octanol–water partition coefficient (Wildman–Crippen LogP) is 2.57. The molecule has 120 valence electrons. The number of carbonyl (C=O) groups is 2. The second kappa shape index (κ2) is 7.63. The smallest absolute Gasteiger partial charge is 0.247 e. The molecule has 1 aliphatic heterocycles. The molecule has 21 heavy (non-hydrogen) atoms. The van der Waals surface area contributed by atoms with Gasteiger partial charge in [0.2, 0.25) is 11.8 Å². The molecule has 5 heteroatoms. The molecular weight excluding hydrogens is 284 g/mol. The van der Waals surface area contributed by atoms with Crippen molar-refractivity contribution in [1.29, 1.82) is 0 Å². The average Bonchev–Trinajstić information content (AvgIpc) is 2.77. The number of hydrogen-bond donors (Lipinski definition) is 1. The van der Waals surface area contributed by atoms with E-state index in [0.717, 1.165) is 30.9 Å². The summed E-state index contributed by atoms with van der Waals surface area (Å²) in [5, 5.41) is 4.22. The molecule has 1 atom stereocenters. The van der Waals surface area contributed by atoms with Crippen LogP contribution < -0.4 is 5.32 Å². The summed E-state index contributed by atoms with van der Waals surface area (Å²) in [5.41, 5.74) is 0. The SMILES string of the molecule is CCC(CC)N1C(=O)CC(NC2CCC(SC)CC2)C1=O. The maximum Gasteiger partial charge on any atom is 0.247 e. The van der Waals surface area contributed by atoms with E-state index in [2.05, 4.69) is 11.6 Å². The summed E-state index contributed by atoms with van der Waals surface area (Å²) in [4.78, 5) is 26.2. The summed E-state index contributed by atoms with van der Waals surface area (Å²) in [6, 6.07) is 0.190. The zero-order chi connectivity index (χ0) is 15.4. The zero-order valence-electron chi connectivity index (χ0n) is 13.4. The maximum absolute atomic E-state index is 12.5. The number of carbonyl (C=O) groups excluding carboxylic acids is 2. The monoisotopic (exact) mass is 312 g/mol. The molecule has 4 nitrogen and oxygen atoms in total. The van der Waals surface area contributed by atoms with Crippen molar-refractivity contribution in [1.82, 2.24) is 10.2 Å². The number of imide groups is 1. The van der Waals surface area contributed by atoms with E-state index in [9.17, 15) is 9.59 Å². The molecular formula is C16H28N2O2S. The third-order valence-electron chi connectivity index (χ3n) is 4.94. The van der Waals surface area contributed by atoms with E-state index >= 15 is 0 Å². The Morgan fingerprint density at radius 1 is 1.19 bits per heavy atom. The molecule has 1 saturated heterocycles. The van der Waals surface area contributed by atoms with Crippen LogP contribution >= 0.6 is 11.8 Å². The fraction of sp³-hybridized carbons (Fsp3) is 0.875. The molecule has 1 aliphatic carbocycles. The summed E-state index contributed by atoms with van der Waals surface area (Å²) in [7, 11) is 0. The van der Waals surface area contributed by atoms with Crippen molar-refractivity contribution in [2.45, 2.75) is 82.2 Å². The Morgan fingerprint density at radius 2 is 1.81 bits per heavy atom. The van der Waals surface area contributed by atoms with E-state index in [0.29, 0.717) is 12.5 Å². The Kier molecular flexibility index (Phi) is 6.11. The number of likely N-dealkylation sites (tertiary alicyclic amines) is 1. The molecule has 1 saturated carbocycles. The van der Waals surface area contributed by atoms with Crippen LogP contribution in [0.5, 0.6) is 0 Å². The van der Waals surface area contributed by atoms with Gasteiger partial charge in [-0.2, -0.15) is 11.8 Å². The summed E-state index contributed by atoms with van der Waals surface area (Å²) >= 11 is 1.94. The van der Waals surface area contributed by atoms with E-state index < -0.39 is 0 Å². The number of thioether (sulfide) groups is 1. The Hall–Kier alpha value is -0.550. The first-order valence-electron chi connectivity index (χ1n) is 8.25. The number of nitrogens with zero attached hydrogens (tertiary/aromatic N) is 1. The van der Waals surface area contributed by atoms with Gasteiger partial charge >= 0.3 is 0 Å². The van der Waals surface area contributed by atoms with Gasteiger partial charge in [0.15, 0.2) is 0 Å². The standard InChI is InChI=1S/C16H28N2O2S/c1-4-12(5-2)18-15(19)10-14(16(18)20)17-11-6-8-13(21-3)9-7-11/h11-14,17H,4-10H2,1-3H3. The number of rotatable bonds is 6. The quantitative estimate of drug-likeness (QED) is 0.766. The highest BCUT2D eigenvalue weighted by atomic mass is 32.2. The van der Waals surface area contributed by atoms with Crippen molar-refractivity contribution in [3.05, 3.63) is 0 Å². The van der Waals surface area contributed by atoms with Gasteiger partial charge in [0, 0.05) is 17.3 Å². The lowest BCUT2D eigenvalue weighted by atomic mass is 9.94. The van der Waals surface area contributed by atoms with Crippen molar-refractivity contribution >= 4 is 23.6 Å². The molecule has 2 amide bonds. The minimum atomic E-state index is -0.283. The first kappa shape index (κ1) is 16.8. The van der Waals surface area contributed by atoms with Gasteiger partial charge in [-0.15, -0.1) is 0 Å². The Morgan fingerprint density at radius 3 is 2.33 bits per heavy atom. The van der Waals surface area contributed by atoms with Gasteiger partial charge in [0.05, 0.1) is 12.5 Å².